The van der Waals surface area contributed by atoms with Crippen molar-refractivity contribution in [1.29, 1.82) is 0 Å². The molecule has 1 amide bonds. The Morgan fingerprint density at radius 3 is 2.55 bits per heavy atom. The average Bonchev–Trinajstić information content (AvgIpc) is 2.35. The van der Waals surface area contributed by atoms with Gasteiger partial charge in [0.1, 0.15) is 0 Å². The van der Waals surface area contributed by atoms with Crippen molar-refractivity contribution in [2.75, 3.05) is 20.6 Å². The molecule has 0 atom stereocenters. The van der Waals surface area contributed by atoms with Crippen molar-refractivity contribution in [3.63, 3.8) is 0 Å². The fraction of sp³-hybridized carbons (Fsp3) is 0.250. The molecule has 20 heavy (non-hydrogen) atoms. The molecule has 0 aliphatic heterocycles. The lowest BCUT2D eigenvalue weighted by atomic mass is 10.2. The van der Waals surface area contributed by atoms with Crippen LogP contribution in [0.1, 0.15) is 10.4 Å². The second-order valence-electron chi connectivity index (χ2n) is 4.13. The van der Waals surface area contributed by atoms with E-state index < -0.39 is 10.0 Å². The maximum atomic E-state index is 12.1. The third-order valence-electron chi connectivity index (χ3n) is 2.40. The number of sulfonamides is 1. The lowest BCUT2D eigenvalue weighted by Gasteiger charge is -2.13. The number of nitrogens with zero attached hydrogens (tertiary/aromatic N) is 1. The second-order valence-corrected chi connectivity index (χ2v) is 8.56. The number of carbonyl (C=O) groups is 1. The molecule has 0 fully saturated rings. The van der Waals surface area contributed by atoms with Gasteiger partial charge in [-0.25, -0.2) is 12.7 Å². The van der Waals surface area contributed by atoms with E-state index in [9.17, 15) is 13.2 Å². The maximum absolute atomic E-state index is 12.1. The zero-order chi connectivity index (χ0) is 15.5. The van der Waals surface area contributed by atoms with Gasteiger partial charge in [0.2, 0.25) is 10.0 Å². The molecule has 0 aliphatic carbocycles. The number of nitrogens with one attached hydrogen (secondary N) is 1. The van der Waals surface area contributed by atoms with Crippen LogP contribution in [-0.2, 0) is 10.0 Å². The molecule has 1 aromatic rings. The minimum atomic E-state index is -3.56. The van der Waals surface area contributed by atoms with Gasteiger partial charge in [0.15, 0.2) is 0 Å². The first-order valence-electron chi connectivity index (χ1n) is 5.50. The van der Waals surface area contributed by atoms with Crippen molar-refractivity contribution in [2.24, 2.45) is 0 Å². The van der Waals surface area contributed by atoms with Gasteiger partial charge in [-0.2, -0.15) is 0 Å². The van der Waals surface area contributed by atoms with Crippen molar-refractivity contribution < 1.29 is 13.2 Å². The van der Waals surface area contributed by atoms with Crippen LogP contribution in [0.3, 0.4) is 0 Å². The van der Waals surface area contributed by atoms with Gasteiger partial charge in [-0.15, -0.1) is 0 Å². The highest BCUT2D eigenvalue weighted by Gasteiger charge is 2.20. The van der Waals surface area contributed by atoms with Crippen LogP contribution in [-0.4, -0.2) is 39.3 Å². The quantitative estimate of drug-likeness (QED) is 0.668. The molecule has 0 bridgehead atoms. The third-order valence-corrected chi connectivity index (χ3v) is 5.43. The number of benzene rings is 1. The highest BCUT2D eigenvalue weighted by Crippen LogP contribution is 2.20. The summed E-state index contributed by atoms with van der Waals surface area (Å²) in [6, 6.07) is 4.47. The molecule has 8 heteroatoms. The zero-order valence-corrected chi connectivity index (χ0v) is 15.5. The van der Waals surface area contributed by atoms with Crippen LogP contribution in [0.25, 0.3) is 0 Å². The van der Waals surface area contributed by atoms with Gasteiger partial charge in [-0.3, -0.25) is 4.79 Å². The Bertz CT molecular complexity index is 644. The van der Waals surface area contributed by atoms with Gasteiger partial charge in [0, 0.05) is 28.7 Å². The van der Waals surface area contributed by atoms with Crippen molar-refractivity contribution in [3.8, 4) is 0 Å². The predicted molar refractivity (Wildman–Crippen MR) is 90.4 cm³/mol. The summed E-state index contributed by atoms with van der Waals surface area (Å²) in [6.45, 7) is 3.90. The molecule has 0 unspecified atom stereocenters. The number of hydrogen-bond donors (Lipinski definition) is 1. The Kier molecular flexibility index (Phi) is 6.17. The molecule has 0 heterocycles. The van der Waals surface area contributed by atoms with Crippen LogP contribution in [0.15, 0.2) is 34.2 Å². The highest BCUT2D eigenvalue weighted by atomic mass is 127. The van der Waals surface area contributed by atoms with Crippen LogP contribution in [0, 0.1) is 3.57 Å². The van der Waals surface area contributed by atoms with E-state index in [0.29, 0.717) is 13.6 Å². The van der Waals surface area contributed by atoms with E-state index in [4.69, 9.17) is 0 Å². The molecule has 0 aliphatic rings. The van der Waals surface area contributed by atoms with Crippen LogP contribution in [0.4, 0.5) is 0 Å². The topological polar surface area (TPSA) is 66.5 Å². The summed E-state index contributed by atoms with van der Waals surface area (Å²) in [5, 5.41) is 2.65. The molecule has 0 spiro atoms. The number of carbonyl (C=O) groups excluding carboxylic acids is 1. The Morgan fingerprint density at radius 2 is 2.05 bits per heavy atom. The number of halogens is 2. The van der Waals surface area contributed by atoms with Gasteiger partial charge < -0.3 is 5.32 Å². The zero-order valence-electron chi connectivity index (χ0n) is 11.0. The van der Waals surface area contributed by atoms with Gasteiger partial charge in [0.05, 0.1) is 10.5 Å². The molecular formula is C12H14BrIN2O3S. The molecule has 110 valence electrons. The first-order chi connectivity index (χ1) is 9.16. The molecule has 5 nitrogen and oxygen atoms in total. The highest BCUT2D eigenvalue weighted by molar-refractivity contribution is 14.1. The second kappa shape index (κ2) is 7.01. The Hall–Kier alpha value is -0.450. The Labute approximate surface area is 140 Å². The van der Waals surface area contributed by atoms with E-state index in [1.807, 2.05) is 22.6 Å². The van der Waals surface area contributed by atoms with Gasteiger partial charge in [-0.05, 0) is 40.8 Å². The standard InChI is InChI=1S/C12H14BrIN2O3S/c1-8(13)7-15-12(17)10-6-9(4-5-11(10)14)20(18,19)16(2)3/h4-6H,1,7H2,2-3H3,(H,15,17). The van der Waals surface area contributed by atoms with Crippen LogP contribution in [0.2, 0.25) is 0 Å². The lowest BCUT2D eigenvalue weighted by Crippen LogP contribution is -2.26. The molecule has 0 radical (unpaired) electrons. The summed E-state index contributed by atoms with van der Waals surface area (Å²) >= 11 is 5.14. The molecule has 1 aromatic carbocycles. The smallest absolute Gasteiger partial charge is 0.252 e. The van der Waals surface area contributed by atoms with Crippen molar-refractivity contribution in [3.05, 3.63) is 38.4 Å². The predicted octanol–water partition coefficient (Wildman–Crippen LogP) is 2.18. The minimum Gasteiger partial charge on any atom is -0.347 e. The lowest BCUT2D eigenvalue weighted by molar-refractivity contribution is 0.0956. The summed E-state index contributed by atoms with van der Waals surface area (Å²) in [4.78, 5) is 12.1. The van der Waals surface area contributed by atoms with E-state index in [1.165, 1.54) is 26.2 Å². The number of hydrogen-bond acceptors (Lipinski definition) is 3. The summed E-state index contributed by atoms with van der Waals surface area (Å²) in [6.07, 6.45) is 0. The first-order valence-corrected chi connectivity index (χ1v) is 8.81. The van der Waals surface area contributed by atoms with Crippen LogP contribution in [0.5, 0.6) is 0 Å². The molecular weight excluding hydrogens is 459 g/mol. The monoisotopic (exact) mass is 472 g/mol. The number of rotatable bonds is 5. The normalized spacial score (nSPS) is 11.4. The molecule has 0 aromatic heterocycles. The van der Waals surface area contributed by atoms with Crippen molar-refractivity contribution in [2.45, 2.75) is 4.90 Å². The molecule has 1 rings (SSSR count). The fourth-order valence-electron chi connectivity index (χ4n) is 1.32. The summed E-state index contributed by atoms with van der Waals surface area (Å²) in [5.41, 5.74) is 0.322. The Morgan fingerprint density at radius 1 is 1.45 bits per heavy atom. The van der Waals surface area contributed by atoms with E-state index in [-0.39, 0.29) is 17.3 Å². The Balaban J connectivity index is 3.16. The van der Waals surface area contributed by atoms with Crippen molar-refractivity contribution in [1.82, 2.24) is 9.62 Å². The fourth-order valence-corrected chi connectivity index (χ4v) is 2.97. The van der Waals surface area contributed by atoms with E-state index in [2.05, 4.69) is 27.8 Å². The summed E-state index contributed by atoms with van der Waals surface area (Å²) < 4.78 is 26.5. The molecule has 0 saturated heterocycles. The molecule has 0 saturated carbocycles. The summed E-state index contributed by atoms with van der Waals surface area (Å²) in [5.74, 6) is -0.342. The van der Waals surface area contributed by atoms with E-state index >= 15 is 0 Å². The van der Waals surface area contributed by atoms with Gasteiger partial charge in [-0.1, -0.05) is 22.5 Å². The van der Waals surface area contributed by atoms with Gasteiger partial charge >= 0.3 is 0 Å². The summed E-state index contributed by atoms with van der Waals surface area (Å²) in [7, 11) is -0.665. The van der Waals surface area contributed by atoms with Crippen LogP contribution < -0.4 is 5.32 Å². The van der Waals surface area contributed by atoms with E-state index in [1.54, 1.807) is 6.07 Å². The van der Waals surface area contributed by atoms with E-state index in [0.717, 1.165) is 4.31 Å². The third kappa shape index (κ3) is 4.27. The van der Waals surface area contributed by atoms with Crippen molar-refractivity contribution >= 4 is 54.5 Å². The average molecular weight is 473 g/mol. The number of amides is 1. The van der Waals surface area contributed by atoms with Crippen LogP contribution >= 0.6 is 38.5 Å². The SMILES string of the molecule is C=C(Br)CNC(=O)c1cc(S(=O)(=O)N(C)C)ccc1I. The minimum absolute atomic E-state index is 0.0886. The maximum Gasteiger partial charge on any atom is 0.252 e. The largest absolute Gasteiger partial charge is 0.347 e. The molecule has 1 N–H and O–H groups in total. The van der Waals surface area contributed by atoms with Gasteiger partial charge in [0.25, 0.3) is 5.91 Å². The first kappa shape index (κ1) is 17.6.